The van der Waals surface area contributed by atoms with Crippen LogP contribution < -0.4 is 0 Å². The van der Waals surface area contributed by atoms with Gasteiger partial charge in [0, 0.05) is 5.75 Å². The van der Waals surface area contributed by atoms with E-state index in [1.54, 1.807) is 0 Å². The van der Waals surface area contributed by atoms with Gasteiger partial charge in [-0.3, -0.25) is 4.79 Å². The molecule has 0 saturated heterocycles. The number of thioether (sulfide) groups is 1. The van der Waals surface area contributed by atoms with Crippen LogP contribution >= 0.6 is 24.4 Å². The molecule has 0 aromatic rings. The molecule has 0 aliphatic heterocycles. The van der Waals surface area contributed by atoms with Gasteiger partial charge in [-0.2, -0.15) is 0 Å². The third kappa shape index (κ3) is 11.5. The van der Waals surface area contributed by atoms with E-state index in [4.69, 9.17) is 4.74 Å². The Hall–Kier alpha value is 0.330. The Morgan fingerprint density at radius 1 is 1.24 bits per heavy atom. The minimum absolute atomic E-state index is 0.0954. The zero-order chi connectivity index (χ0) is 16.3. The zero-order valence-corrected chi connectivity index (χ0v) is 16.2. The van der Waals surface area contributed by atoms with Crippen LogP contribution in [0.2, 0.25) is 0 Å². The number of thiol groups is 1. The molecule has 2 nitrogen and oxygen atoms in total. The predicted molar refractivity (Wildman–Crippen MR) is 98.6 cm³/mol. The summed E-state index contributed by atoms with van der Waals surface area (Å²) >= 11 is 5.12. The number of hydrogen-bond donors (Lipinski definition) is 1. The molecule has 126 valence electrons. The molecule has 0 radical (unpaired) electrons. The van der Waals surface area contributed by atoms with Gasteiger partial charge >= 0.3 is 0 Å². The van der Waals surface area contributed by atoms with E-state index in [1.807, 2.05) is 0 Å². The lowest BCUT2D eigenvalue weighted by atomic mass is 9.82. The monoisotopic (exact) mass is 334 g/mol. The second kappa shape index (κ2) is 11.8. The van der Waals surface area contributed by atoms with E-state index >= 15 is 0 Å². The van der Waals surface area contributed by atoms with Crippen molar-refractivity contribution in [3.8, 4) is 0 Å². The molecular formula is C17H34O2S2. The van der Waals surface area contributed by atoms with E-state index < -0.39 is 0 Å². The molecule has 0 aromatic carbocycles. The Morgan fingerprint density at radius 3 is 2.19 bits per heavy atom. The van der Waals surface area contributed by atoms with Crippen LogP contribution in [0.1, 0.15) is 73.1 Å². The topological polar surface area (TPSA) is 26.3 Å². The molecule has 4 heteroatoms. The molecule has 1 rings (SSSR count). The highest BCUT2D eigenvalue weighted by Gasteiger charge is 2.27. The van der Waals surface area contributed by atoms with Gasteiger partial charge < -0.3 is 4.74 Å². The second-order valence-corrected chi connectivity index (χ2v) is 8.64. The fraction of sp³-hybridized carbons (Fsp3) is 0.941. The Morgan fingerprint density at radius 2 is 1.76 bits per heavy atom. The minimum atomic E-state index is -0.0954. The van der Waals surface area contributed by atoms with Crippen molar-refractivity contribution in [3.05, 3.63) is 0 Å². The average molecular weight is 335 g/mol. The van der Waals surface area contributed by atoms with Crippen LogP contribution in [0.5, 0.6) is 0 Å². The molecule has 0 amide bonds. The lowest BCUT2D eigenvalue weighted by molar-refractivity contribution is -0.00843. The normalized spacial score (nSPS) is 17.8. The van der Waals surface area contributed by atoms with Crippen molar-refractivity contribution in [2.24, 2.45) is 11.3 Å². The first-order valence-electron chi connectivity index (χ1n) is 8.28. The van der Waals surface area contributed by atoms with Crippen LogP contribution in [0, 0.1) is 11.3 Å². The summed E-state index contributed by atoms with van der Waals surface area (Å²) in [5.41, 5.74) is 0.172. The summed E-state index contributed by atoms with van der Waals surface area (Å²) in [6.07, 6.45) is 8.06. The van der Waals surface area contributed by atoms with Gasteiger partial charge in [0.05, 0.1) is 12.7 Å². The van der Waals surface area contributed by atoms with E-state index in [0.717, 1.165) is 12.4 Å². The van der Waals surface area contributed by atoms with Gasteiger partial charge in [0.15, 0.2) is 0 Å². The summed E-state index contributed by atoms with van der Waals surface area (Å²) in [5.74, 6) is 1.21. The highest BCUT2D eigenvalue weighted by Crippen LogP contribution is 2.31. The van der Waals surface area contributed by atoms with E-state index in [9.17, 15) is 4.79 Å². The lowest BCUT2D eigenvalue weighted by Crippen LogP contribution is -2.30. The third-order valence-corrected chi connectivity index (χ3v) is 4.92. The van der Waals surface area contributed by atoms with Crippen LogP contribution in [0.3, 0.4) is 0 Å². The maximum absolute atomic E-state index is 11.0. The van der Waals surface area contributed by atoms with E-state index in [0.29, 0.717) is 12.0 Å². The largest absolute Gasteiger partial charge is 0.378 e. The molecule has 0 spiro atoms. The maximum atomic E-state index is 11.0. The molecule has 21 heavy (non-hydrogen) atoms. The fourth-order valence-corrected chi connectivity index (χ4v) is 3.37. The first-order valence-corrected chi connectivity index (χ1v) is 9.71. The Kier molecular flexibility index (Phi) is 12.0. The van der Waals surface area contributed by atoms with Gasteiger partial charge in [-0.1, -0.05) is 84.7 Å². The summed E-state index contributed by atoms with van der Waals surface area (Å²) in [6, 6.07) is 0. The number of ether oxygens (including phenoxy) is 1. The summed E-state index contributed by atoms with van der Waals surface area (Å²) in [4.78, 5) is 11.0. The van der Waals surface area contributed by atoms with Crippen molar-refractivity contribution in [2.45, 2.75) is 79.2 Å². The van der Waals surface area contributed by atoms with Gasteiger partial charge in [0.1, 0.15) is 0 Å². The van der Waals surface area contributed by atoms with Crippen LogP contribution in [0.4, 0.5) is 4.79 Å². The number of hydrogen-bond acceptors (Lipinski definition) is 3. The lowest BCUT2D eigenvalue weighted by Gasteiger charge is -2.32. The predicted octanol–water partition coefficient (Wildman–Crippen LogP) is 6.20. The smallest absolute Gasteiger partial charge is 0.243 e. The van der Waals surface area contributed by atoms with Gasteiger partial charge in [-0.05, 0) is 24.2 Å². The quantitative estimate of drug-likeness (QED) is 0.606. The Balaban J connectivity index is 0.00000122. The SMILES string of the molecule is CC(C)(C)C(COC1CCCCC1)CSC(=O)S.CCC. The Bertz CT molecular complexity index is 268. The summed E-state index contributed by atoms with van der Waals surface area (Å²) in [5, 5.41) is 0. The molecule has 1 fully saturated rings. The van der Waals surface area contributed by atoms with Crippen LogP contribution in [0.15, 0.2) is 0 Å². The van der Waals surface area contributed by atoms with Gasteiger partial charge in [-0.15, -0.1) is 0 Å². The summed E-state index contributed by atoms with van der Waals surface area (Å²) < 4.78 is 5.96. The molecule has 1 unspecified atom stereocenters. The second-order valence-electron chi connectivity index (χ2n) is 6.94. The standard InChI is InChI=1S/C14H26O2S2.C3H8/c1-14(2,3)11(10-18-13(15)17)9-16-12-7-5-4-6-8-12;1-3-2/h11-12H,4-10H2,1-3H3,(H,15,17);3H2,1-2H3. The number of carbonyl (C=O) groups is 1. The van der Waals surface area contributed by atoms with Gasteiger partial charge in [0.2, 0.25) is 4.45 Å². The summed E-state index contributed by atoms with van der Waals surface area (Å²) in [7, 11) is 0. The summed E-state index contributed by atoms with van der Waals surface area (Å²) in [6.45, 7) is 11.7. The fourth-order valence-electron chi connectivity index (χ4n) is 2.20. The van der Waals surface area contributed by atoms with Crippen LogP contribution in [-0.2, 0) is 4.74 Å². The van der Waals surface area contributed by atoms with Crippen molar-refractivity contribution < 1.29 is 9.53 Å². The van der Waals surface area contributed by atoms with E-state index in [-0.39, 0.29) is 9.86 Å². The minimum Gasteiger partial charge on any atom is -0.378 e. The highest BCUT2D eigenvalue weighted by molar-refractivity contribution is 8.32. The highest BCUT2D eigenvalue weighted by atomic mass is 32.2. The van der Waals surface area contributed by atoms with Crippen LogP contribution in [0.25, 0.3) is 0 Å². The van der Waals surface area contributed by atoms with E-state index in [1.165, 1.54) is 50.3 Å². The Labute approximate surface area is 141 Å². The van der Waals surface area contributed by atoms with Crippen molar-refractivity contribution in [2.75, 3.05) is 12.4 Å². The first-order chi connectivity index (χ1) is 9.81. The van der Waals surface area contributed by atoms with Crippen molar-refractivity contribution in [3.63, 3.8) is 0 Å². The molecule has 1 saturated carbocycles. The average Bonchev–Trinajstić information content (AvgIpc) is 2.39. The zero-order valence-electron chi connectivity index (χ0n) is 14.5. The molecule has 1 atom stereocenters. The maximum Gasteiger partial charge on any atom is 0.243 e. The molecule has 0 aromatic heterocycles. The van der Waals surface area contributed by atoms with Crippen molar-refractivity contribution in [1.82, 2.24) is 0 Å². The molecule has 1 aliphatic rings. The third-order valence-electron chi connectivity index (χ3n) is 3.72. The molecular weight excluding hydrogens is 300 g/mol. The molecule has 0 bridgehead atoms. The van der Waals surface area contributed by atoms with Gasteiger partial charge in [-0.25, -0.2) is 0 Å². The van der Waals surface area contributed by atoms with Crippen molar-refractivity contribution >= 4 is 28.8 Å². The van der Waals surface area contributed by atoms with Crippen molar-refractivity contribution in [1.29, 1.82) is 0 Å². The molecule has 0 heterocycles. The molecule has 1 aliphatic carbocycles. The van der Waals surface area contributed by atoms with Crippen LogP contribution in [-0.4, -0.2) is 22.9 Å². The number of rotatable bonds is 5. The van der Waals surface area contributed by atoms with E-state index in [2.05, 4.69) is 47.2 Å². The molecule has 0 N–H and O–H groups in total. The first kappa shape index (κ1) is 21.3. The van der Waals surface area contributed by atoms with Gasteiger partial charge in [0.25, 0.3) is 0 Å². The number of carbonyl (C=O) groups excluding carboxylic acids is 1.